The highest BCUT2D eigenvalue weighted by atomic mass is 19.4. The molecule has 4 rings (SSSR count). The summed E-state index contributed by atoms with van der Waals surface area (Å²) in [6, 6.07) is 11.4. The van der Waals surface area contributed by atoms with Crippen LogP contribution in [-0.4, -0.2) is 59.9 Å². The van der Waals surface area contributed by atoms with Gasteiger partial charge in [0.15, 0.2) is 0 Å². The van der Waals surface area contributed by atoms with Crippen molar-refractivity contribution in [2.24, 2.45) is 5.92 Å². The summed E-state index contributed by atoms with van der Waals surface area (Å²) < 4.78 is 50.7. The molecule has 0 amide bonds. The quantitative estimate of drug-likeness (QED) is 0.555. The van der Waals surface area contributed by atoms with Crippen molar-refractivity contribution < 1.29 is 27.8 Å². The third-order valence-corrected chi connectivity index (χ3v) is 7.13. The Kier molecular flexibility index (Phi) is 7.84. The van der Waals surface area contributed by atoms with E-state index in [2.05, 4.69) is 14.8 Å². The number of aliphatic carboxylic acids is 1. The molecule has 1 unspecified atom stereocenters. The number of carboxylic acids is 1. The van der Waals surface area contributed by atoms with Crippen LogP contribution in [0.3, 0.4) is 0 Å². The van der Waals surface area contributed by atoms with Gasteiger partial charge in [-0.25, -0.2) is 0 Å². The van der Waals surface area contributed by atoms with Crippen LogP contribution in [0.5, 0.6) is 5.75 Å². The minimum Gasteiger partial charge on any atom is -0.481 e. The number of carboxylic acid groups (broad SMARTS) is 1. The Bertz CT molecular complexity index is 957. The molecule has 1 saturated carbocycles. The van der Waals surface area contributed by atoms with Crippen molar-refractivity contribution in [2.45, 2.75) is 50.3 Å². The summed E-state index contributed by atoms with van der Waals surface area (Å²) in [6.45, 7) is 3.20. The number of anilines is 1. The lowest BCUT2D eigenvalue weighted by atomic mass is 9.74. The van der Waals surface area contributed by atoms with Crippen LogP contribution in [-0.2, 0) is 10.4 Å². The van der Waals surface area contributed by atoms with E-state index in [0.717, 1.165) is 24.9 Å². The minimum absolute atomic E-state index is 0.0956. The standard InChI is InChI=1S/C26H32F3N3O3/c27-26(28,29)25(20-7-3-1-4-8-20,35-22-9-5-2-6-10-22)23-12-11-21(19-30-23)32-17-15-31(16-18-32)14-13-24(33)34/h2,5-6,9-12,19-20H,1,3-4,7-8,13-18H2,(H,33,34). The van der Waals surface area contributed by atoms with Gasteiger partial charge in [0.25, 0.3) is 0 Å². The first-order chi connectivity index (χ1) is 16.8. The second-order valence-corrected chi connectivity index (χ2v) is 9.36. The number of alkyl halides is 3. The molecule has 1 aliphatic carbocycles. The van der Waals surface area contributed by atoms with E-state index in [-0.39, 0.29) is 17.9 Å². The third-order valence-electron chi connectivity index (χ3n) is 7.13. The molecule has 1 aliphatic heterocycles. The van der Waals surface area contributed by atoms with Gasteiger partial charge in [0.05, 0.1) is 24.0 Å². The molecule has 0 spiro atoms. The van der Waals surface area contributed by atoms with Crippen LogP contribution in [0.25, 0.3) is 0 Å². The molecule has 2 aromatic rings. The third kappa shape index (κ3) is 5.72. The fourth-order valence-corrected chi connectivity index (χ4v) is 5.24. The van der Waals surface area contributed by atoms with Crippen LogP contribution in [0, 0.1) is 5.92 Å². The van der Waals surface area contributed by atoms with E-state index < -0.39 is 23.7 Å². The number of rotatable bonds is 8. The Morgan fingerprint density at radius 3 is 2.26 bits per heavy atom. The summed E-state index contributed by atoms with van der Waals surface area (Å²) in [7, 11) is 0. The van der Waals surface area contributed by atoms with Gasteiger partial charge in [0.1, 0.15) is 5.75 Å². The normalized spacial score (nSPS) is 19.8. The van der Waals surface area contributed by atoms with Crippen molar-refractivity contribution in [1.82, 2.24) is 9.88 Å². The fraction of sp³-hybridized carbons (Fsp3) is 0.538. The smallest absolute Gasteiger partial charge is 0.434 e. The van der Waals surface area contributed by atoms with E-state index >= 15 is 0 Å². The van der Waals surface area contributed by atoms with Gasteiger partial charge in [0.2, 0.25) is 5.60 Å². The van der Waals surface area contributed by atoms with Crippen molar-refractivity contribution in [3.05, 3.63) is 54.4 Å². The maximum atomic E-state index is 14.9. The first-order valence-electron chi connectivity index (χ1n) is 12.3. The summed E-state index contributed by atoms with van der Waals surface area (Å²) in [6.07, 6.45) is 0.256. The van der Waals surface area contributed by atoms with Crippen molar-refractivity contribution >= 4 is 11.7 Å². The number of nitrogens with zero attached hydrogens (tertiary/aromatic N) is 3. The highest BCUT2D eigenvalue weighted by Crippen LogP contribution is 2.51. The summed E-state index contributed by atoms with van der Waals surface area (Å²) >= 11 is 0. The van der Waals surface area contributed by atoms with Crippen LogP contribution >= 0.6 is 0 Å². The largest absolute Gasteiger partial charge is 0.481 e. The van der Waals surface area contributed by atoms with Gasteiger partial charge in [-0.2, -0.15) is 13.2 Å². The molecule has 1 saturated heterocycles. The number of para-hydroxylation sites is 1. The summed E-state index contributed by atoms with van der Waals surface area (Å²) in [4.78, 5) is 19.3. The average molecular weight is 492 g/mol. The Morgan fingerprint density at radius 2 is 1.69 bits per heavy atom. The highest BCUT2D eigenvalue weighted by Gasteiger charge is 2.64. The van der Waals surface area contributed by atoms with E-state index in [1.165, 1.54) is 12.3 Å². The second kappa shape index (κ2) is 10.8. The maximum absolute atomic E-state index is 14.9. The number of pyridine rings is 1. The SMILES string of the molecule is O=C(O)CCN1CCN(c2ccc(C(Oc3ccccc3)(C3CCCCC3)C(F)(F)F)nc2)CC1. The van der Waals surface area contributed by atoms with Crippen molar-refractivity contribution in [3.8, 4) is 5.75 Å². The van der Waals surface area contributed by atoms with Crippen LogP contribution in [0.4, 0.5) is 18.9 Å². The molecule has 1 N–H and O–H groups in total. The van der Waals surface area contributed by atoms with Gasteiger partial charge < -0.3 is 14.7 Å². The lowest BCUT2D eigenvalue weighted by Crippen LogP contribution is -2.54. The monoisotopic (exact) mass is 491 g/mol. The van der Waals surface area contributed by atoms with Gasteiger partial charge in [-0.3, -0.25) is 14.7 Å². The van der Waals surface area contributed by atoms with E-state index in [1.54, 1.807) is 36.4 Å². The zero-order valence-electron chi connectivity index (χ0n) is 19.7. The first-order valence-corrected chi connectivity index (χ1v) is 12.3. The van der Waals surface area contributed by atoms with Crippen LogP contribution < -0.4 is 9.64 Å². The number of hydrogen-bond donors (Lipinski definition) is 1. The molecule has 0 bridgehead atoms. The summed E-state index contributed by atoms with van der Waals surface area (Å²) in [5, 5.41) is 8.87. The van der Waals surface area contributed by atoms with Crippen LogP contribution in [0.2, 0.25) is 0 Å². The summed E-state index contributed by atoms with van der Waals surface area (Å²) in [5.41, 5.74) is -1.86. The zero-order chi connectivity index (χ0) is 24.9. The predicted octanol–water partition coefficient (Wildman–Crippen LogP) is 5.10. The second-order valence-electron chi connectivity index (χ2n) is 9.36. The lowest BCUT2D eigenvalue weighted by Gasteiger charge is -2.43. The van der Waals surface area contributed by atoms with Gasteiger partial charge in [-0.15, -0.1) is 0 Å². The highest BCUT2D eigenvalue weighted by molar-refractivity contribution is 5.66. The molecule has 2 fully saturated rings. The Labute approximate surface area is 203 Å². The number of benzene rings is 1. The molecular formula is C26H32F3N3O3. The maximum Gasteiger partial charge on any atom is 0.434 e. The van der Waals surface area contributed by atoms with Crippen molar-refractivity contribution in [1.29, 1.82) is 0 Å². The zero-order valence-corrected chi connectivity index (χ0v) is 19.7. The molecular weight excluding hydrogens is 459 g/mol. The van der Waals surface area contributed by atoms with Crippen LogP contribution in [0.1, 0.15) is 44.2 Å². The number of halogens is 3. The van der Waals surface area contributed by atoms with Crippen molar-refractivity contribution in [2.75, 3.05) is 37.6 Å². The molecule has 2 heterocycles. The molecule has 190 valence electrons. The number of carbonyl (C=O) groups is 1. The number of piperazine rings is 1. The Hall–Kier alpha value is -2.81. The van der Waals surface area contributed by atoms with E-state index in [0.29, 0.717) is 45.6 Å². The number of ether oxygens (including phenoxy) is 1. The van der Waals surface area contributed by atoms with Gasteiger partial charge in [-0.05, 0) is 37.1 Å². The Morgan fingerprint density at radius 1 is 1.00 bits per heavy atom. The predicted molar refractivity (Wildman–Crippen MR) is 127 cm³/mol. The molecule has 2 aliphatic rings. The number of hydrogen-bond acceptors (Lipinski definition) is 5. The first kappa shape index (κ1) is 25.3. The number of aromatic nitrogens is 1. The van der Waals surface area contributed by atoms with Gasteiger partial charge in [0, 0.05) is 38.6 Å². The molecule has 35 heavy (non-hydrogen) atoms. The minimum atomic E-state index is -4.64. The van der Waals surface area contributed by atoms with Crippen LogP contribution in [0.15, 0.2) is 48.7 Å². The van der Waals surface area contributed by atoms with E-state index in [9.17, 15) is 18.0 Å². The van der Waals surface area contributed by atoms with E-state index in [4.69, 9.17) is 9.84 Å². The molecule has 1 aromatic carbocycles. The molecule has 1 atom stereocenters. The van der Waals surface area contributed by atoms with Gasteiger partial charge >= 0.3 is 12.1 Å². The average Bonchev–Trinajstić information content (AvgIpc) is 2.87. The molecule has 1 aromatic heterocycles. The fourth-order valence-electron chi connectivity index (χ4n) is 5.24. The van der Waals surface area contributed by atoms with E-state index in [1.807, 2.05) is 0 Å². The topological polar surface area (TPSA) is 65.9 Å². The molecule has 6 nitrogen and oxygen atoms in total. The molecule has 0 radical (unpaired) electrons. The van der Waals surface area contributed by atoms with Gasteiger partial charge in [-0.1, -0.05) is 37.5 Å². The lowest BCUT2D eigenvalue weighted by molar-refractivity contribution is -0.279. The Balaban J connectivity index is 1.59. The molecule has 9 heteroatoms. The van der Waals surface area contributed by atoms with Crippen molar-refractivity contribution in [3.63, 3.8) is 0 Å². The summed E-state index contributed by atoms with van der Waals surface area (Å²) in [5.74, 6) is -1.36.